The number of rotatable bonds is 7. The maximum absolute atomic E-state index is 12.1. The summed E-state index contributed by atoms with van der Waals surface area (Å²) in [6.45, 7) is 7.03. The Labute approximate surface area is 151 Å². The Morgan fingerprint density at radius 1 is 1.16 bits per heavy atom. The molecule has 0 unspecified atom stereocenters. The summed E-state index contributed by atoms with van der Waals surface area (Å²) < 4.78 is 5.38. The number of carbonyl (C=O) groups is 1. The third-order valence-corrected chi connectivity index (χ3v) is 5.30. The largest absolute Gasteiger partial charge is 0.379 e. The van der Waals surface area contributed by atoms with Crippen molar-refractivity contribution in [3.05, 3.63) is 29.8 Å². The van der Waals surface area contributed by atoms with Crippen molar-refractivity contribution in [2.24, 2.45) is 5.92 Å². The summed E-state index contributed by atoms with van der Waals surface area (Å²) in [5, 5.41) is 6.40. The fourth-order valence-corrected chi connectivity index (χ4v) is 3.60. The van der Waals surface area contributed by atoms with Gasteiger partial charge in [-0.1, -0.05) is 12.1 Å². The normalized spacial score (nSPS) is 19.7. The van der Waals surface area contributed by atoms with E-state index in [1.807, 2.05) is 12.1 Å². The molecule has 1 aromatic carbocycles. The van der Waals surface area contributed by atoms with Crippen LogP contribution in [-0.2, 0) is 16.0 Å². The lowest BCUT2D eigenvalue weighted by Crippen LogP contribution is -2.37. The van der Waals surface area contributed by atoms with E-state index in [0.717, 1.165) is 64.5 Å². The second-order valence-corrected chi connectivity index (χ2v) is 7.18. The molecule has 0 spiro atoms. The van der Waals surface area contributed by atoms with Gasteiger partial charge in [-0.3, -0.25) is 9.69 Å². The Balaban J connectivity index is 1.36. The molecule has 0 radical (unpaired) electrons. The molecule has 2 heterocycles. The number of carbonyl (C=O) groups excluding carboxylic acids is 1. The number of morpholine rings is 1. The first-order valence-electron chi connectivity index (χ1n) is 9.69. The van der Waals surface area contributed by atoms with Crippen LogP contribution in [0.15, 0.2) is 24.3 Å². The van der Waals surface area contributed by atoms with Crippen LogP contribution in [-0.4, -0.2) is 56.7 Å². The highest BCUT2D eigenvalue weighted by atomic mass is 16.5. The van der Waals surface area contributed by atoms with Gasteiger partial charge in [-0.2, -0.15) is 0 Å². The molecule has 0 aliphatic carbocycles. The van der Waals surface area contributed by atoms with Crippen LogP contribution in [0, 0.1) is 5.92 Å². The molecule has 0 atom stereocenters. The van der Waals surface area contributed by atoms with E-state index >= 15 is 0 Å². The average molecular weight is 345 g/mol. The van der Waals surface area contributed by atoms with Crippen molar-refractivity contribution in [1.29, 1.82) is 0 Å². The number of hydrogen-bond donors (Lipinski definition) is 2. The Bertz CT molecular complexity index is 520. The highest BCUT2D eigenvalue weighted by molar-refractivity contribution is 5.90. The van der Waals surface area contributed by atoms with E-state index in [1.54, 1.807) is 0 Å². The molecule has 0 bridgehead atoms. The summed E-state index contributed by atoms with van der Waals surface area (Å²) in [7, 11) is 0. The van der Waals surface area contributed by atoms with Gasteiger partial charge in [-0.15, -0.1) is 0 Å². The zero-order valence-corrected chi connectivity index (χ0v) is 15.1. The Hall–Kier alpha value is -1.43. The van der Waals surface area contributed by atoms with E-state index in [-0.39, 0.29) is 5.91 Å². The molecule has 0 saturated carbocycles. The molecular formula is C20H31N3O2. The van der Waals surface area contributed by atoms with Crippen LogP contribution >= 0.6 is 0 Å². The number of piperidine rings is 1. The van der Waals surface area contributed by atoms with Crippen molar-refractivity contribution in [2.75, 3.05) is 51.3 Å². The van der Waals surface area contributed by atoms with E-state index in [1.165, 1.54) is 18.4 Å². The zero-order chi connectivity index (χ0) is 17.3. The average Bonchev–Trinajstić information content (AvgIpc) is 2.67. The molecule has 2 N–H and O–H groups in total. The van der Waals surface area contributed by atoms with E-state index in [4.69, 9.17) is 4.74 Å². The minimum absolute atomic E-state index is 0.139. The first kappa shape index (κ1) is 18.4. The second-order valence-electron chi connectivity index (χ2n) is 7.18. The molecule has 5 heteroatoms. The van der Waals surface area contributed by atoms with Crippen LogP contribution < -0.4 is 10.6 Å². The second kappa shape index (κ2) is 9.90. The van der Waals surface area contributed by atoms with Gasteiger partial charge in [0.1, 0.15) is 0 Å². The molecule has 2 fully saturated rings. The van der Waals surface area contributed by atoms with Crippen LogP contribution in [0.2, 0.25) is 0 Å². The number of nitrogens with one attached hydrogen (secondary N) is 2. The Kier molecular flexibility index (Phi) is 7.27. The number of nitrogens with zero attached hydrogens (tertiary/aromatic N) is 1. The molecule has 2 saturated heterocycles. The van der Waals surface area contributed by atoms with Gasteiger partial charge in [-0.25, -0.2) is 0 Å². The van der Waals surface area contributed by atoms with Crippen molar-refractivity contribution < 1.29 is 9.53 Å². The number of amides is 1. The molecule has 3 rings (SSSR count). The fraction of sp³-hybridized carbons (Fsp3) is 0.650. The minimum atomic E-state index is 0.139. The summed E-state index contributed by atoms with van der Waals surface area (Å²) in [4.78, 5) is 14.6. The van der Waals surface area contributed by atoms with Gasteiger partial charge in [0, 0.05) is 31.7 Å². The molecular weight excluding hydrogens is 314 g/mol. The number of hydrogen-bond acceptors (Lipinski definition) is 4. The summed E-state index contributed by atoms with van der Waals surface area (Å²) in [5.41, 5.74) is 2.23. The SMILES string of the molecule is O=C(CCC1CCNCC1)Nc1ccc(CCN2CCOCC2)cc1. The first-order valence-corrected chi connectivity index (χ1v) is 9.69. The van der Waals surface area contributed by atoms with Crippen LogP contribution in [0.25, 0.3) is 0 Å². The van der Waals surface area contributed by atoms with Crippen molar-refractivity contribution in [3.63, 3.8) is 0 Å². The van der Waals surface area contributed by atoms with Crippen LogP contribution in [0.3, 0.4) is 0 Å². The Morgan fingerprint density at radius 2 is 1.88 bits per heavy atom. The summed E-state index contributed by atoms with van der Waals surface area (Å²) in [6, 6.07) is 8.31. The van der Waals surface area contributed by atoms with E-state index < -0.39 is 0 Å². The van der Waals surface area contributed by atoms with Crippen molar-refractivity contribution in [3.8, 4) is 0 Å². The molecule has 1 amide bonds. The van der Waals surface area contributed by atoms with Gasteiger partial charge in [0.15, 0.2) is 0 Å². The molecule has 138 valence electrons. The predicted octanol–water partition coefficient (Wildman–Crippen LogP) is 2.28. The van der Waals surface area contributed by atoms with Gasteiger partial charge in [0.05, 0.1) is 13.2 Å². The maximum Gasteiger partial charge on any atom is 0.224 e. The van der Waals surface area contributed by atoms with Crippen LogP contribution in [0.5, 0.6) is 0 Å². The number of benzene rings is 1. The van der Waals surface area contributed by atoms with Crippen molar-refractivity contribution in [2.45, 2.75) is 32.1 Å². The van der Waals surface area contributed by atoms with Crippen molar-refractivity contribution in [1.82, 2.24) is 10.2 Å². The maximum atomic E-state index is 12.1. The smallest absolute Gasteiger partial charge is 0.224 e. The van der Waals surface area contributed by atoms with Gasteiger partial charge in [0.25, 0.3) is 0 Å². The van der Waals surface area contributed by atoms with Gasteiger partial charge in [-0.05, 0) is 62.4 Å². The molecule has 25 heavy (non-hydrogen) atoms. The molecule has 5 nitrogen and oxygen atoms in total. The predicted molar refractivity (Wildman–Crippen MR) is 101 cm³/mol. The molecule has 1 aromatic rings. The van der Waals surface area contributed by atoms with Gasteiger partial charge in [0.2, 0.25) is 5.91 Å². The van der Waals surface area contributed by atoms with Crippen LogP contribution in [0.4, 0.5) is 5.69 Å². The Morgan fingerprint density at radius 3 is 2.60 bits per heavy atom. The lowest BCUT2D eigenvalue weighted by molar-refractivity contribution is -0.116. The molecule has 2 aliphatic heterocycles. The highest BCUT2D eigenvalue weighted by Crippen LogP contribution is 2.18. The van der Waals surface area contributed by atoms with E-state index in [9.17, 15) is 4.79 Å². The lowest BCUT2D eigenvalue weighted by atomic mass is 9.93. The summed E-state index contributed by atoms with van der Waals surface area (Å²) >= 11 is 0. The van der Waals surface area contributed by atoms with Crippen LogP contribution in [0.1, 0.15) is 31.2 Å². The number of ether oxygens (including phenoxy) is 1. The minimum Gasteiger partial charge on any atom is -0.379 e. The lowest BCUT2D eigenvalue weighted by Gasteiger charge is -2.26. The van der Waals surface area contributed by atoms with Gasteiger partial charge < -0.3 is 15.4 Å². The topological polar surface area (TPSA) is 53.6 Å². The van der Waals surface area contributed by atoms with E-state index in [2.05, 4.69) is 27.7 Å². The summed E-state index contributed by atoms with van der Waals surface area (Å²) in [5.74, 6) is 0.842. The van der Waals surface area contributed by atoms with Crippen molar-refractivity contribution >= 4 is 11.6 Å². The van der Waals surface area contributed by atoms with Gasteiger partial charge >= 0.3 is 0 Å². The first-order chi connectivity index (χ1) is 12.3. The standard InChI is InChI=1S/C20H31N3O2/c24-20(6-3-18-7-10-21-11-8-18)22-19-4-1-17(2-5-19)9-12-23-13-15-25-16-14-23/h1-2,4-5,18,21H,3,6-16H2,(H,22,24). The summed E-state index contributed by atoms with van der Waals surface area (Å²) in [6.07, 6.45) is 5.08. The fourth-order valence-electron chi connectivity index (χ4n) is 3.60. The zero-order valence-electron chi connectivity index (χ0n) is 15.1. The number of anilines is 1. The molecule has 0 aromatic heterocycles. The van der Waals surface area contributed by atoms with E-state index in [0.29, 0.717) is 12.3 Å². The third-order valence-electron chi connectivity index (χ3n) is 5.30. The third kappa shape index (κ3) is 6.42. The molecule has 2 aliphatic rings. The quantitative estimate of drug-likeness (QED) is 0.796. The highest BCUT2D eigenvalue weighted by Gasteiger charge is 2.14. The monoisotopic (exact) mass is 345 g/mol.